The first kappa shape index (κ1) is 18.1. The summed E-state index contributed by atoms with van der Waals surface area (Å²) < 4.78 is 18.6. The number of carbonyl (C=O) groups is 1. The molecule has 2 heterocycles. The molecule has 0 bridgehead atoms. The van der Waals surface area contributed by atoms with Gasteiger partial charge in [-0.15, -0.1) is 0 Å². The van der Waals surface area contributed by atoms with E-state index in [0.717, 1.165) is 43.5 Å². The number of anilines is 1. The summed E-state index contributed by atoms with van der Waals surface area (Å²) in [5.41, 5.74) is 1.09. The Morgan fingerprint density at radius 2 is 2.00 bits per heavy atom. The van der Waals surface area contributed by atoms with Crippen LogP contribution in [0.1, 0.15) is 41.1 Å². The molecule has 0 aliphatic carbocycles. The first-order chi connectivity index (χ1) is 12.6. The van der Waals surface area contributed by atoms with Gasteiger partial charge in [0.05, 0.1) is 13.7 Å². The van der Waals surface area contributed by atoms with Gasteiger partial charge in [0.25, 0.3) is 5.91 Å². The number of rotatable bonds is 5. The van der Waals surface area contributed by atoms with Crippen molar-refractivity contribution in [3.8, 4) is 5.75 Å². The molecule has 0 spiro atoms. The smallest absolute Gasteiger partial charge is 0.251 e. The van der Waals surface area contributed by atoms with Crippen LogP contribution in [0.5, 0.6) is 5.75 Å². The van der Waals surface area contributed by atoms with E-state index in [1.165, 1.54) is 25.7 Å². The Balaban J connectivity index is 1.68. The minimum Gasteiger partial charge on any atom is -0.494 e. The highest BCUT2D eigenvalue weighted by molar-refractivity contribution is 5.94. The maximum Gasteiger partial charge on any atom is 0.251 e. The summed E-state index contributed by atoms with van der Waals surface area (Å²) in [6.45, 7) is 4.09. The molecule has 26 heavy (non-hydrogen) atoms. The highest BCUT2D eigenvalue weighted by atomic mass is 19.1. The molecule has 0 radical (unpaired) electrons. The Morgan fingerprint density at radius 3 is 2.69 bits per heavy atom. The molecule has 1 aromatic heterocycles. The second-order valence-electron chi connectivity index (χ2n) is 6.36. The molecule has 1 aromatic carbocycles. The van der Waals surface area contributed by atoms with E-state index in [-0.39, 0.29) is 23.8 Å². The number of hydrogen-bond donors (Lipinski definition) is 1. The Bertz CT molecular complexity index is 791. The molecule has 1 fully saturated rings. The van der Waals surface area contributed by atoms with Crippen LogP contribution in [0.3, 0.4) is 0 Å². The molecular formula is C19H23FN4O2. The molecule has 7 heteroatoms. The number of amides is 1. The minimum absolute atomic E-state index is 0.106. The van der Waals surface area contributed by atoms with Crippen LogP contribution in [0.2, 0.25) is 0 Å². The molecule has 0 unspecified atom stereocenters. The molecular weight excluding hydrogens is 335 g/mol. The fourth-order valence-corrected chi connectivity index (χ4v) is 3.05. The van der Waals surface area contributed by atoms with Crippen LogP contribution < -0.4 is 15.0 Å². The van der Waals surface area contributed by atoms with Crippen molar-refractivity contribution >= 4 is 11.7 Å². The molecule has 1 aliphatic rings. The Hall–Kier alpha value is -2.70. The lowest BCUT2D eigenvalue weighted by molar-refractivity contribution is 0.0949. The third-order valence-corrected chi connectivity index (χ3v) is 4.39. The zero-order valence-corrected chi connectivity index (χ0v) is 15.1. The number of halogens is 1. The highest BCUT2D eigenvalue weighted by Crippen LogP contribution is 2.19. The van der Waals surface area contributed by atoms with Gasteiger partial charge in [0.15, 0.2) is 11.6 Å². The monoisotopic (exact) mass is 358 g/mol. The van der Waals surface area contributed by atoms with E-state index in [1.807, 2.05) is 13.0 Å². The van der Waals surface area contributed by atoms with Crippen molar-refractivity contribution < 1.29 is 13.9 Å². The zero-order valence-electron chi connectivity index (χ0n) is 15.1. The van der Waals surface area contributed by atoms with Crippen molar-refractivity contribution in [2.45, 2.75) is 32.7 Å². The van der Waals surface area contributed by atoms with Crippen LogP contribution >= 0.6 is 0 Å². The molecule has 1 saturated heterocycles. The molecule has 0 atom stereocenters. The van der Waals surface area contributed by atoms with Crippen molar-refractivity contribution in [1.29, 1.82) is 0 Å². The van der Waals surface area contributed by atoms with Gasteiger partial charge < -0.3 is 15.0 Å². The molecule has 1 amide bonds. The molecule has 1 aliphatic heterocycles. The average molecular weight is 358 g/mol. The Kier molecular flexibility index (Phi) is 5.65. The SMILES string of the molecule is COc1ccc(C(=O)NCc2nc(C)cc(N3CCCCC3)n2)cc1F. The third kappa shape index (κ3) is 4.28. The zero-order chi connectivity index (χ0) is 18.5. The first-order valence-electron chi connectivity index (χ1n) is 8.78. The van der Waals surface area contributed by atoms with E-state index in [1.54, 1.807) is 0 Å². The van der Waals surface area contributed by atoms with Gasteiger partial charge in [-0.2, -0.15) is 0 Å². The number of aromatic nitrogens is 2. The molecule has 1 N–H and O–H groups in total. The number of piperidine rings is 1. The van der Waals surface area contributed by atoms with Crippen molar-refractivity contribution in [3.05, 3.63) is 47.2 Å². The van der Waals surface area contributed by atoms with Crippen molar-refractivity contribution in [3.63, 3.8) is 0 Å². The summed E-state index contributed by atoms with van der Waals surface area (Å²) in [7, 11) is 1.38. The minimum atomic E-state index is -0.570. The maximum absolute atomic E-state index is 13.8. The summed E-state index contributed by atoms with van der Waals surface area (Å²) in [6, 6.07) is 6.08. The van der Waals surface area contributed by atoms with Crippen LogP contribution in [0, 0.1) is 12.7 Å². The van der Waals surface area contributed by atoms with Gasteiger partial charge in [0.1, 0.15) is 11.6 Å². The topological polar surface area (TPSA) is 67.3 Å². The van der Waals surface area contributed by atoms with E-state index in [9.17, 15) is 9.18 Å². The lowest BCUT2D eigenvalue weighted by Gasteiger charge is -2.28. The highest BCUT2D eigenvalue weighted by Gasteiger charge is 2.15. The van der Waals surface area contributed by atoms with Crippen LogP contribution in [0.25, 0.3) is 0 Å². The molecule has 3 rings (SSSR count). The number of hydrogen-bond acceptors (Lipinski definition) is 5. The van der Waals surface area contributed by atoms with Crippen LogP contribution in [0.15, 0.2) is 24.3 Å². The van der Waals surface area contributed by atoms with E-state index >= 15 is 0 Å². The second kappa shape index (κ2) is 8.12. The Morgan fingerprint density at radius 1 is 1.23 bits per heavy atom. The molecule has 0 saturated carbocycles. The number of methoxy groups -OCH3 is 1. The fraction of sp³-hybridized carbons (Fsp3) is 0.421. The third-order valence-electron chi connectivity index (χ3n) is 4.39. The van der Waals surface area contributed by atoms with Gasteiger partial charge in [-0.1, -0.05) is 0 Å². The quantitative estimate of drug-likeness (QED) is 0.890. The largest absolute Gasteiger partial charge is 0.494 e. The van der Waals surface area contributed by atoms with Crippen molar-refractivity contribution in [1.82, 2.24) is 15.3 Å². The van der Waals surface area contributed by atoms with E-state index < -0.39 is 5.82 Å². The summed E-state index contributed by atoms with van der Waals surface area (Å²) in [5.74, 6) is 0.607. The van der Waals surface area contributed by atoms with Gasteiger partial charge >= 0.3 is 0 Å². The number of nitrogens with zero attached hydrogens (tertiary/aromatic N) is 3. The molecule has 138 valence electrons. The van der Waals surface area contributed by atoms with Gasteiger partial charge in [0.2, 0.25) is 0 Å². The maximum atomic E-state index is 13.8. The number of nitrogens with one attached hydrogen (secondary N) is 1. The number of benzene rings is 1. The molecule has 2 aromatic rings. The number of carbonyl (C=O) groups excluding carboxylic acids is 1. The summed E-state index contributed by atoms with van der Waals surface area (Å²) in [5, 5.41) is 2.75. The number of ether oxygens (including phenoxy) is 1. The summed E-state index contributed by atoms with van der Waals surface area (Å²) in [6.07, 6.45) is 3.58. The average Bonchev–Trinajstić information content (AvgIpc) is 2.66. The Labute approximate surface area is 152 Å². The van der Waals surface area contributed by atoms with E-state index in [4.69, 9.17) is 4.74 Å². The summed E-state index contributed by atoms with van der Waals surface area (Å²) >= 11 is 0. The van der Waals surface area contributed by atoms with Crippen LogP contribution in [0.4, 0.5) is 10.2 Å². The van der Waals surface area contributed by atoms with Crippen LogP contribution in [-0.4, -0.2) is 36.1 Å². The van der Waals surface area contributed by atoms with Gasteiger partial charge in [-0.25, -0.2) is 14.4 Å². The second-order valence-corrected chi connectivity index (χ2v) is 6.36. The normalized spacial score (nSPS) is 14.2. The first-order valence-corrected chi connectivity index (χ1v) is 8.78. The van der Waals surface area contributed by atoms with Crippen LogP contribution in [-0.2, 0) is 6.54 Å². The predicted octanol–water partition coefficient (Wildman–Crippen LogP) is 2.85. The predicted molar refractivity (Wildman–Crippen MR) is 97.0 cm³/mol. The molecule has 6 nitrogen and oxygen atoms in total. The summed E-state index contributed by atoms with van der Waals surface area (Å²) in [4.78, 5) is 23.5. The lowest BCUT2D eigenvalue weighted by Crippen LogP contribution is -2.31. The van der Waals surface area contributed by atoms with Gasteiger partial charge in [-0.3, -0.25) is 4.79 Å². The van der Waals surface area contributed by atoms with E-state index in [0.29, 0.717) is 5.82 Å². The van der Waals surface area contributed by atoms with Gasteiger partial charge in [-0.05, 0) is 44.4 Å². The van der Waals surface area contributed by atoms with Crippen molar-refractivity contribution in [2.75, 3.05) is 25.1 Å². The standard InChI is InChI=1S/C19H23FN4O2/c1-13-10-18(24-8-4-3-5-9-24)23-17(22-13)12-21-19(25)14-6-7-16(26-2)15(20)11-14/h6-7,10-11H,3-5,8-9,12H2,1-2H3,(H,21,25). The van der Waals surface area contributed by atoms with Gasteiger partial charge in [0, 0.05) is 30.4 Å². The number of aryl methyl sites for hydroxylation is 1. The van der Waals surface area contributed by atoms with E-state index in [2.05, 4.69) is 20.2 Å². The van der Waals surface area contributed by atoms with Crippen molar-refractivity contribution in [2.24, 2.45) is 0 Å². The fourth-order valence-electron chi connectivity index (χ4n) is 3.05. The lowest BCUT2D eigenvalue weighted by atomic mass is 10.1.